The van der Waals surface area contributed by atoms with Crippen molar-refractivity contribution in [3.8, 4) is 22.2 Å². The van der Waals surface area contributed by atoms with E-state index in [9.17, 15) is 4.39 Å². The number of hydrogen-bond acceptors (Lipinski definition) is 8. The van der Waals surface area contributed by atoms with Gasteiger partial charge in [-0.15, -0.1) is 21.5 Å². The number of halogens is 1. The average molecular weight is 399 g/mol. The molecule has 9 heteroatoms. The Kier molecular flexibility index (Phi) is 5.54. The lowest BCUT2D eigenvalue weighted by molar-refractivity contribution is 0.201. The first-order valence-electron chi connectivity index (χ1n) is 8.88. The van der Waals surface area contributed by atoms with Crippen LogP contribution in [0.25, 0.3) is 22.2 Å². The number of aromatic nitrogens is 4. The molecule has 0 amide bonds. The van der Waals surface area contributed by atoms with Crippen molar-refractivity contribution in [3.05, 3.63) is 59.4 Å². The molecule has 1 aromatic carbocycles. The molecule has 0 unspecified atom stereocenters. The third kappa shape index (κ3) is 4.32. The SMILES string of the molecule is CCCN(Cc1nc(-c2ccc(F)cc2)no1)Cc1nnc(-c2cccs2)o1. The lowest BCUT2D eigenvalue weighted by Crippen LogP contribution is -2.24. The fraction of sp³-hybridized carbons (Fsp3) is 0.263. The van der Waals surface area contributed by atoms with E-state index in [1.807, 2.05) is 17.5 Å². The van der Waals surface area contributed by atoms with Gasteiger partial charge in [0.15, 0.2) is 0 Å². The maximum absolute atomic E-state index is 13.1. The van der Waals surface area contributed by atoms with E-state index in [2.05, 4.69) is 32.2 Å². The molecule has 0 saturated heterocycles. The second-order valence-electron chi connectivity index (χ2n) is 6.21. The highest BCUT2D eigenvalue weighted by Crippen LogP contribution is 2.23. The topological polar surface area (TPSA) is 81.1 Å². The highest BCUT2D eigenvalue weighted by atomic mass is 32.1. The lowest BCUT2D eigenvalue weighted by Gasteiger charge is -2.16. The Balaban J connectivity index is 1.44. The zero-order valence-corrected chi connectivity index (χ0v) is 16.0. The van der Waals surface area contributed by atoms with Gasteiger partial charge in [0.2, 0.25) is 17.6 Å². The van der Waals surface area contributed by atoms with Gasteiger partial charge in [-0.2, -0.15) is 4.98 Å². The van der Waals surface area contributed by atoms with Crippen LogP contribution in [0.3, 0.4) is 0 Å². The summed E-state index contributed by atoms with van der Waals surface area (Å²) in [6.45, 7) is 3.85. The van der Waals surface area contributed by atoms with Crippen LogP contribution < -0.4 is 0 Å². The van der Waals surface area contributed by atoms with E-state index in [-0.39, 0.29) is 5.82 Å². The molecule has 0 saturated carbocycles. The number of rotatable bonds is 8. The average Bonchev–Trinajstić information content (AvgIpc) is 3.44. The molecule has 4 rings (SSSR count). The molecule has 3 aromatic heterocycles. The van der Waals surface area contributed by atoms with Gasteiger partial charge in [0.1, 0.15) is 5.82 Å². The molecule has 3 heterocycles. The third-order valence-corrected chi connectivity index (χ3v) is 4.88. The Morgan fingerprint density at radius 2 is 1.89 bits per heavy atom. The maximum atomic E-state index is 13.1. The molecule has 0 spiro atoms. The predicted octanol–water partition coefficient (Wildman–Crippen LogP) is 4.40. The van der Waals surface area contributed by atoms with Gasteiger partial charge in [0.25, 0.3) is 5.89 Å². The van der Waals surface area contributed by atoms with Crippen LogP contribution in [0.5, 0.6) is 0 Å². The molecular formula is C19H18FN5O2S. The summed E-state index contributed by atoms with van der Waals surface area (Å²) in [5.41, 5.74) is 0.705. The molecule has 28 heavy (non-hydrogen) atoms. The summed E-state index contributed by atoms with van der Waals surface area (Å²) in [6, 6.07) is 9.88. The van der Waals surface area contributed by atoms with E-state index in [0.29, 0.717) is 42.1 Å². The summed E-state index contributed by atoms with van der Waals surface area (Å²) < 4.78 is 24.2. The molecule has 0 bridgehead atoms. The van der Waals surface area contributed by atoms with Crippen molar-refractivity contribution in [1.29, 1.82) is 0 Å². The molecule has 0 aliphatic rings. The first-order chi connectivity index (χ1) is 13.7. The molecule has 0 N–H and O–H groups in total. The van der Waals surface area contributed by atoms with Gasteiger partial charge in [-0.05, 0) is 48.7 Å². The summed E-state index contributed by atoms with van der Waals surface area (Å²) in [5, 5.41) is 14.2. The molecular weight excluding hydrogens is 381 g/mol. The van der Waals surface area contributed by atoms with Crippen LogP contribution in [0.4, 0.5) is 4.39 Å². The first-order valence-corrected chi connectivity index (χ1v) is 9.76. The molecule has 0 atom stereocenters. The number of hydrogen-bond donors (Lipinski definition) is 0. The zero-order valence-electron chi connectivity index (χ0n) is 15.2. The summed E-state index contributed by atoms with van der Waals surface area (Å²) >= 11 is 1.56. The molecule has 0 fully saturated rings. The van der Waals surface area contributed by atoms with Gasteiger partial charge in [0, 0.05) is 5.56 Å². The Hall–Kier alpha value is -2.91. The zero-order chi connectivity index (χ0) is 19.3. The van der Waals surface area contributed by atoms with Gasteiger partial charge in [-0.1, -0.05) is 18.1 Å². The quantitative estimate of drug-likeness (QED) is 0.434. The predicted molar refractivity (Wildman–Crippen MR) is 102 cm³/mol. The molecule has 0 radical (unpaired) electrons. The van der Waals surface area contributed by atoms with Gasteiger partial charge in [-0.25, -0.2) is 4.39 Å². The van der Waals surface area contributed by atoms with Gasteiger partial charge >= 0.3 is 0 Å². The van der Waals surface area contributed by atoms with Gasteiger partial charge in [-0.3, -0.25) is 4.90 Å². The van der Waals surface area contributed by atoms with Crippen LogP contribution in [0.15, 0.2) is 50.7 Å². The van der Waals surface area contributed by atoms with Crippen LogP contribution in [-0.4, -0.2) is 31.8 Å². The second kappa shape index (κ2) is 8.41. The van der Waals surface area contributed by atoms with Crippen molar-refractivity contribution in [2.24, 2.45) is 0 Å². The lowest BCUT2D eigenvalue weighted by atomic mass is 10.2. The minimum absolute atomic E-state index is 0.303. The van der Waals surface area contributed by atoms with E-state index in [0.717, 1.165) is 17.8 Å². The van der Waals surface area contributed by atoms with Crippen LogP contribution in [0.2, 0.25) is 0 Å². The normalized spacial score (nSPS) is 11.4. The van der Waals surface area contributed by atoms with Crippen molar-refractivity contribution in [2.45, 2.75) is 26.4 Å². The highest BCUT2D eigenvalue weighted by molar-refractivity contribution is 7.13. The van der Waals surface area contributed by atoms with E-state index in [4.69, 9.17) is 8.94 Å². The molecule has 0 aliphatic heterocycles. The minimum Gasteiger partial charge on any atom is -0.419 e. The standard InChI is InChI=1S/C19H18FN5O2S/c1-2-9-25(12-17-22-23-19(26-17)15-4-3-10-28-15)11-16-21-18(24-27-16)13-5-7-14(20)8-6-13/h3-8,10H,2,9,11-12H2,1H3. The fourth-order valence-corrected chi connectivity index (χ4v) is 3.41. The Morgan fingerprint density at radius 1 is 1.07 bits per heavy atom. The third-order valence-electron chi connectivity index (χ3n) is 4.03. The van der Waals surface area contributed by atoms with Crippen molar-refractivity contribution in [1.82, 2.24) is 25.2 Å². The van der Waals surface area contributed by atoms with Crippen molar-refractivity contribution < 1.29 is 13.3 Å². The van der Waals surface area contributed by atoms with Crippen LogP contribution in [0.1, 0.15) is 25.1 Å². The molecule has 4 aromatic rings. The largest absolute Gasteiger partial charge is 0.419 e. The van der Waals surface area contributed by atoms with Crippen LogP contribution in [-0.2, 0) is 13.1 Å². The first kappa shape index (κ1) is 18.5. The monoisotopic (exact) mass is 399 g/mol. The smallest absolute Gasteiger partial charge is 0.257 e. The van der Waals surface area contributed by atoms with Crippen LogP contribution in [0, 0.1) is 5.82 Å². The molecule has 7 nitrogen and oxygen atoms in total. The van der Waals surface area contributed by atoms with E-state index in [1.54, 1.807) is 23.5 Å². The molecule has 0 aliphatic carbocycles. The summed E-state index contributed by atoms with van der Waals surface area (Å²) in [5.74, 6) is 1.67. The van der Waals surface area contributed by atoms with E-state index in [1.165, 1.54) is 12.1 Å². The minimum atomic E-state index is -0.303. The number of nitrogens with zero attached hydrogens (tertiary/aromatic N) is 5. The number of benzene rings is 1. The Labute approximate surface area is 164 Å². The van der Waals surface area contributed by atoms with Gasteiger partial charge in [0.05, 0.1) is 18.0 Å². The fourth-order valence-electron chi connectivity index (χ4n) is 2.77. The Bertz CT molecular complexity index is 1010. The van der Waals surface area contributed by atoms with Crippen molar-refractivity contribution in [3.63, 3.8) is 0 Å². The Morgan fingerprint density at radius 3 is 2.64 bits per heavy atom. The summed E-state index contributed by atoms with van der Waals surface area (Å²) in [6.07, 6.45) is 0.949. The van der Waals surface area contributed by atoms with E-state index < -0.39 is 0 Å². The van der Waals surface area contributed by atoms with E-state index >= 15 is 0 Å². The highest BCUT2D eigenvalue weighted by Gasteiger charge is 2.17. The van der Waals surface area contributed by atoms with Crippen molar-refractivity contribution in [2.75, 3.05) is 6.54 Å². The maximum Gasteiger partial charge on any atom is 0.257 e. The van der Waals surface area contributed by atoms with Crippen molar-refractivity contribution >= 4 is 11.3 Å². The van der Waals surface area contributed by atoms with Gasteiger partial charge < -0.3 is 8.94 Å². The second-order valence-corrected chi connectivity index (χ2v) is 7.16. The molecule has 144 valence electrons. The van der Waals surface area contributed by atoms with Crippen LogP contribution >= 0.6 is 11.3 Å². The number of thiophene rings is 1. The summed E-state index contributed by atoms with van der Waals surface area (Å²) in [7, 11) is 0. The summed E-state index contributed by atoms with van der Waals surface area (Å²) in [4.78, 5) is 7.46.